The summed E-state index contributed by atoms with van der Waals surface area (Å²) >= 11 is 0. The highest BCUT2D eigenvalue weighted by Gasteiger charge is 2.05. The first-order valence-electron chi connectivity index (χ1n) is 5.13. The highest BCUT2D eigenvalue weighted by molar-refractivity contribution is 5.29. The van der Waals surface area contributed by atoms with E-state index in [0.29, 0.717) is 17.9 Å². The van der Waals surface area contributed by atoms with Gasteiger partial charge in [0.15, 0.2) is 0 Å². The Hall–Kier alpha value is -1.58. The Morgan fingerprint density at radius 1 is 1.60 bits per heavy atom. The van der Waals surface area contributed by atoms with Gasteiger partial charge in [-0.25, -0.2) is 4.98 Å². The van der Waals surface area contributed by atoms with Crippen molar-refractivity contribution in [1.29, 1.82) is 0 Å². The van der Waals surface area contributed by atoms with E-state index in [9.17, 15) is 4.79 Å². The van der Waals surface area contributed by atoms with Crippen molar-refractivity contribution >= 4 is 5.95 Å². The van der Waals surface area contributed by atoms with Crippen LogP contribution in [0.3, 0.4) is 0 Å². The van der Waals surface area contributed by atoms with E-state index in [4.69, 9.17) is 0 Å². The van der Waals surface area contributed by atoms with Crippen LogP contribution in [0.4, 0.5) is 5.95 Å². The van der Waals surface area contributed by atoms with Crippen LogP contribution in [0.1, 0.15) is 24.6 Å². The van der Waals surface area contributed by atoms with Gasteiger partial charge in [0, 0.05) is 12.1 Å². The van der Waals surface area contributed by atoms with Gasteiger partial charge in [-0.3, -0.25) is 9.78 Å². The molecule has 1 rings (SSSR count). The molecule has 1 aromatic heterocycles. The summed E-state index contributed by atoms with van der Waals surface area (Å²) in [6.45, 7) is 8.32. The van der Waals surface area contributed by atoms with Crippen molar-refractivity contribution in [3.8, 4) is 0 Å². The van der Waals surface area contributed by atoms with Crippen molar-refractivity contribution in [2.24, 2.45) is 0 Å². The average Bonchev–Trinajstić information content (AvgIpc) is 2.20. The maximum absolute atomic E-state index is 11.6. The van der Waals surface area contributed by atoms with Crippen molar-refractivity contribution in [2.45, 2.75) is 26.7 Å². The molecule has 0 fully saturated rings. The molecule has 0 aliphatic rings. The van der Waals surface area contributed by atoms with Crippen LogP contribution in [-0.4, -0.2) is 16.5 Å². The van der Waals surface area contributed by atoms with Crippen LogP contribution < -0.4 is 10.9 Å². The van der Waals surface area contributed by atoms with Crippen LogP contribution in [0.15, 0.2) is 17.4 Å². The first-order valence-corrected chi connectivity index (χ1v) is 5.13. The minimum atomic E-state index is -0.0824. The van der Waals surface area contributed by atoms with E-state index < -0.39 is 0 Å². The normalized spacial score (nSPS) is 10.0. The third-order valence-corrected chi connectivity index (χ3v) is 2.11. The molecule has 0 saturated heterocycles. The predicted molar refractivity (Wildman–Crippen MR) is 62.3 cm³/mol. The van der Waals surface area contributed by atoms with Gasteiger partial charge in [0.25, 0.3) is 5.56 Å². The second kappa shape index (κ2) is 5.34. The largest absolute Gasteiger partial charge is 0.356 e. The van der Waals surface area contributed by atoms with Crippen molar-refractivity contribution in [1.82, 2.24) is 9.97 Å². The van der Waals surface area contributed by atoms with Gasteiger partial charge in [-0.2, -0.15) is 0 Å². The van der Waals surface area contributed by atoms with Crippen LogP contribution in [0, 0.1) is 6.92 Å². The van der Waals surface area contributed by atoms with Gasteiger partial charge < -0.3 is 5.32 Å². The van der Waals surface area contributed by atoms with E-state index in [0.717, 1.165) is 18.7 Å². The van der Waals surface area contributed by atoms with Crippen molar-refractivity contribution in [3.05, 3.63) is 34.3 Å². The zero-order valence-corrected chi connectivity index (χ0v) is 9.26. The van der Waals surface area contributed by atoms with Gasteiger partial charge in [-0.05, 0) is 19.8 Å². The second-order valence-corrected chi connectivity index (χ2v) is 3.40. The molecule has 15 heavy (non-hydrogen) atoms. The molecule has 0 unspecified atom stereocenters. The molecule has 1 aromatic rings. The van der Waals surface area contributed by atoms with Crippen molar-refractivity contribution in [2.75, 3.05) is 11.9 Å². The van der Waals surface area contributed by atoms with Gasteiger partial charge in [0.2, 0.25) is 5.95 Å². The lowest BCUT2D eigenvalue weighted by Crippen LogP contribution is -2.19. The zero-order chi connectivity index (χ0) is 11.3. The lowest BCUT2D eigenvalue weighted by Gasteiger charge is -2.06. The van der Waals surface area contributed by atoms with Gasteiger partial charge >= 0.3 is 0 Å². The number of rotatable bonds is 5. The predicted octanol–water partition coefficient (Wildman–Crippen LogP) is 1.63. The number of hydrogen-bond donors (Lipinski definition) is 2. The fourth-order valence-corrected chi connectivity index (χ4v) is 1.32. The first-order chi connectivity index (χ1) is 7.19. The number of aryl methyl sites for hydroxylation is 1. The molecule has 0 aromatic carbocycles. The van der Waals surface area contributed by atoms with E-state index in [1.165, 1.54) is 0 Å². The number of nitrogens with zero attached hydrogens (tertiary/aromatic N) is 1. The average molecular weight is 207 g/mol. The molecule has 1 heterocycles. The van der Waals surface area contributed by atoms with Crippen molar-refractivity contribution < 1.29 is 0 Å². The molecule has 0 aliphatic heterocycles. The summed E-state index contributed by atoms with van der Waals surface area (Å²) in [7, 11) is 0. The number of nitrogens with one attached hydrogen (secondary N) is 2. The Balaban J connectivity index is 2.97. The number of aromatic nitrogens is 2. The number of hydrogen-bond acceptors (Lipinski definition) is 3. The molecule has 0 spiro atoms. The van der Waals surface area contributed by atoms with Gasteiger partial charge in [0.05, 0.1) is 5.69 Å². The third kappa shape index (κ3) is 2.94. The molecule has 0 saturated carbocycles. The topological polar surface area (TPSA) is 57.8 Å². The number of H-pyrrole nitrogens is 1. The Morgan fingerprint density at radius 2 is 2.33 bits per heavy atom. The highest BCUT2D eigenvalue weighted by Crippen LogP contribution is 2.03. The van der Waals surface area contributed by atoms with E-state index in [-0.39, 0.29) is 5.56 Å². The molecular formula is C11H17N3O. The maximum Gasteiger partial charge on any atom is 0.256 e. The van der Waals surface area contributed by atoms with Gasteiger partial charge in [-0.1, -0.05) is 13.0 Å². The molecular weight excluding hydrogens is 190 g/mol. The molecule has 0 radical (unpaired) electrons. The minimum Gasteiger partial charge on any atom is -0.356 e. The Bertz CT molecular complexity index is 395. The van der Waals surface area contributed by atoms with Crippen LogP contribution in [0.2, 0.25) is 0 Å². The smallest absolute Gasteiger partial charge is 0.256 e. The van der Waals surface area contributed by atoms with Gasteiger partial charge in [-0.15, -0.1) is 6.58 Å². The quantitative estimate of drug-likeness (QED) is 0.721. The molecule has 0 amide bonds. The zero-order valence-electron chi connectivity index (χ0n) is 9.26. The van der Waals surface area contributed by atoms with Crippen LogP contribution in [0.5, 0.6) is 0 Å². The van der Waals surface area contributed by atoms with Crippen LogP contribution >= 0.6 is 0 Å². The molecule has 0 atom stereocenters. The molecule has 0 bridgehead atoms. The number of aromatic amines is 1. The Kier molecular flexibility index (Phi) is 4.09. The second-order valence-electron chi connectivity index (χ2n) is 3.40. The lowest BCUT2D eigenvalue weighted by molar-refractivity contribution is 0.925. The number of allylic oxidation sites excluding steroid dienone is 1. The fraction of sp³-hybridized carbons (Fsp3) is 0.455. The lowest BCUT2D eigenvalue weighted by atomic mass is 10.2. The monoisotopic (exact) mass is 207 g/mol. The summed E-state index contributed by atoms with van der Waals surface area (Å²) in [5.41, 5.74) is 1.37. The first kappa shape index (κ1) is 11.5. The SMILES string of the molecule is C=CCc1c(C)nc(NCCC)[nH]c1=O. The van der Waals surface area contributed by atoms with Crippen molar-refractivity contribution in [3.63, 3.8) is 0 Å². The third-order valence-electron chi connectivity index (χ3n) is 2.11. The van der Waals surface area contributed by atoms with E-state index in [2.05, 4.69) is 28.8 Å². The summed E-state index contributed by atoms with van der Waals surface area (Å²) in [5.74, 6) is 0.548. The number of anilines is 1. The highest BCUT2D eigenvalue weighted by atomic mass is 16.1. The molecule has 4 nitrogen and oxygen atoms in total. The fourth-order valence-electron chi connectivity index (χ4n) is 1.32. The molecule has 2 N–H and O–H groups in total. The molecule has 82 valence electrons. The Morgan fingerprint density at radius 3 is 2.87 bits per heavy atom. The summed E-state index contributed by atoms with van der Waals surface area (Å²) in [4.78, 5) is 18.6. The summed E-state index contributed by atoms with van der Waals surface area (Å²) in [6, 6.07) is 0. The van der Waals surface area contributed by atoms with Gasteiger partial charge in [0.1, 0.15) is 0 Å². The van der Waals surface area contributed by atoms with Crippen LogP contribution in [-0.2, 0) is 6.42 Å². The maximum atomic E-state index is 11.6. The molecule has 0 aliphatic carbocycles. The van der Waals surface area contributed by atoms with E-state index in [1.54, 1.807) is 6.08 Å². The van der Waals surface area contributed by atoms with Crippen LogP contribution in [0.25, 0.3) is 0 Å². The minimum absolute atomic E-state index is 0.0824. The summed E-state index contributed by atoms with van der Waals surface area (Å²) in [5, 5.41) is 3.05. The standard InChI is InChI=1S/C11H17N3O/c1-4-6-9-8(3)13-11(12-7-5-2)14-10(9)15/h4H,1,5-7H2,2-3H3,(H2,12,13,14,15). The molecule has 4 heteroatoms. The Labute approximate surface area is 89.4 Å². The van der Waals surface area contributed by atoms with E-state index in [1.807, 2.05) is 6.92 Å². The summed E-state index contributed by atoms with van der Waals surface area (Å²) in [6.07, 6.45) is 3.26. The van der Waals surface area contributed by atoms with E-state index >= 15 is 0 Å². The summed E-state index contributed by atoms with van der Waals surface area (Å²) < 4.78 is 0.